The summed E-state index contributed by atoms with van der Waals surface area (Å²) in [6.45, 7) is 2.77. The van der Waals surface area contributed by atoms with Crippen LogP contribution in [0.1, 0.15) is 23.4 Å². The Hall–Kier alpha value is -2.95. The van der Waals surface area contributed by atoms with Gasteiger partial charge >= 0.3 is 0 Å². The van der Waals surface area contributed by atoms with Gasteiger partial charge in [0.1, 0.15) is 0 Å². The molecule has 1 aliphatic rings. The normalized spacial score (nSPS) is 13.1. The topological polar surface area (TPSA) is 59.2 Å². The molecule has 0 bridgehead atoms. The van der Waals surface area contributed by atoms with Crippen molar-refractivity contribution < 1.29 is 9.32 Å². The Balaban J connectivity index is 1.42. The monoisotopic (exact) mass is 333 g/mol. The van der Waals surface area contributed by atoms with Crippen molar-refractivity contribution in [2.45, 2.75) is 26.2 Å². The molecular weight excluding hydrogens is 314 g/mol. The SMILES string of the molecule is Cc1cccc(-c2noc(CCC(=O)N3CCc4ccccc43)n2)c1. The standard InChI is InChI=1S/C20H19N3O2/c1-14-5-4-7-16(13-14)20-21-18(25-22-20)9-10-19(24)23-12-11-15-6-2-3-8-17(15)23/h2-8,13H,9-12H2,1H3. The Morgan fingerprint density at radius 3 is 2.96 bits per heavy atom. The van der Waals surface area contributed by atoms with Gasteiger partial charge in [-0.3, -0.25) is 4.79 Å². The van der Waals surface area contributed by atoms with Crippen LogP contribution in [0, 0.1) is 6.92 Å². The second kappa shape index (κ2) is 6.51. The maximum atomic E-state index is 12.5. The molecule has 4 rings (SSSR count). The van der Waals surface area contributed by atoms with Crippen LogP contribution < -0.4 is 4.90 Å². The van der Waals surface area contributed by atoms with E-state index in [1.54, 1.807) is 0 Å². The molecule has 0 saturated carbocycles. The van der Waals surface area contributed by atoms with Crippen molar-refractivity contribution in [3.63, 3.8) is 0 Å². The molecule has 1 amide bonds. The summed E-state index contributed by atoms with van der Waals surface area (Å²) in [7, 11) is 0. The summed E-state index contributed by atoms with van der Waals surface area (Å²) < 4.78 is 5.31. The van der Waals surface area contributed by atoms with E-state index in [4.69, 9.17) is 4.52 Å². The van der Waals surface area contributed by atoms with Crippen LogP contribution in [0.3, 0.4) is 0 Å². The number of hydrogen-bond donors (Lipinski definition) is 0. The lowest BCUT2D eigenvalue weighted by atomic mass is 10.1. The van der Waals surface area contributed by atoms with Gasteiger partial charge < -0.3 is 9.42 Å². The molecule has 1 aliphatic heterocycles. The molecule has 0 fully saturated rings. The van der Waals surface area contributed by atoms with Gasteiger partial charge in [0.15, 0.2) is 0 Å². The molecule has 0 N–H and O–H groups in total. The summed E-state index contributed by atoms with van der Waals surface area (Å²) in [6, 6.07) is 16.0. The van der Waals surface area contributed by atoms with E-state index in [9.17, 15) is 4.79 Å². The van der Waals surface area contributed by atoms with E-state index < -0.39 is 0 Å². The number of carbonyl (C=O) groups is 1. The zero-order chi connectivity index (χ0) is 17.2. The fraction of sp³-hybridized carbons (Fsp3) is 0.250. The van der Waals surface area contributed by atoms with Crippen LogP contribution in [0.15, 0.2) is 53.1 Å². The van der Waals surface area contributed by atoms with Gasteiger partial charge in [0.2, 0.25) is 17.6 Å². The number of aromatic nitrogens is 2. The fourth-order valence-electron chi connectivity index (χ4n) is 3.20. The zero-order valence-electron chi connectivity index (χ0n) is 14.1. The fourth-order valence-corrected chi connectivity index (χ4v) is 3.20. The van der Waals surface area contributed by atoms with Crippen molar-refractivity contribution in [2.75, 3.05) is 11.4 Å². The van der Waals surface area contributed by atoms with Crippen molar-refractivity contribution in [3.8, 4) is 11.4 Å². The van der Waals surface area contributed by atoms with Crippen LogP contribution in [0.5, 0.6) is 0 Å². The van der Waals surface area contributed by atoms with Crippen LogP contribution in [-0.2, 0) is 17.6 Å². The number of carbonyl (C=O) groups excluding carboxylic acids is 1. The lowest BCUT2D eigenvalue weighted by Crippen LogP contribution is -2.29. The Morgan fingerprint density at radius 1 is 1.20 bits per heavy atom. The van der Waals surface area contributed by atoms with E-state index in [0.717, 1.165) is 29.8 Å². The first kappa shape index (κ1) is 15.6. The molecule has 0 spiro atoms. The third-order valence-corrected chi connectivity index (χ3v) is 4.49. The molecule has 126 valence electrons. The molecule has 0 unspecified atom stereocenters. The van der Waals surface area contributed by atoms with E-state index in [-0.39, 0.29) is 5.91 Å². The minimum absolute atomic E-state index is 0.0975. The van der Waals surface area contributed by atoms with E-state index in [2.05, 4.69) is 16.2 Å². The number of hydrogen-bond acceptors (Lipinski definition) is 4. The summed E-state index contributed by atoms with van der Waals surface area (Å²) >= 11 is 0. The van der Waals surface area contributed by atoms with Crippen molar-refractivity contribution >= 4 is 11.6 Å². The van der Waals surface area contributed by atoms with E-state index >= 15 is 0 Å². The van der Waals surface area contributed by atoms with Gasteiger partial charge in [-0.05, 0) is 31.0 Å². The predicted octanol–water partition coefficient (Wildman–Crippen LogP) is 3.57. The quantitative estimate of drug-likeness (QED) is 0.732. The smallest absolute Gasteiger partial charge is 0.227 e. The molecule has 0 atom stereocenters. The van der Waals surface area contributed by atoms with E-state index in [1.165, 1.54) is 5.56 Å². The van der Waals surface area contributed by atoms with Crippen molar-refractivity contribution in [1.82, 2.24) is 10.1 Å². The highest BCUT2D eigenvalue weighted by Crippen LogP contribution is 2.28. The van der Waals surface area contributed by atoms with Crippen LogP contribution in [-0.4, -0.2) is 22.6 Å². The average Bonchev–Trinajstić information content (AvgIpc) is 3.27. The van der Waals surface area contributed by atoms with Crippen LogP contribution in [0.25, 0.3) is 11.4 Å². The summed E-state index contributed by atoms with van der Waals surface area (Å²) in [5.74, 6) is 1.16. The maximum absolute atomic E-state index is 12.5. The van der Waals surface area contributed by atoms with Crippen LogP contribution in [0.4, 0.5) is 5.69 Å². The van der Waals surface area contributed by atoms with Gasteiger partial charge in [0.25, 0.3) is 0 Å². The number of amides is 1. The van der Waals surface area contributed by atoms with Gasteiger partial charge in [-0.15, -0.1) is 0 Å². The average molecular weight is 333 g/mol. The lowest BCUT2D eigenvalue weighted by molar-refractivity contribution is -0.118. The minimum atomic E-state index is 0.0975. The van der Waals surface area contributed by atoms with Gasteiger partial charge in [0.05, 0.1) is 0 Å². The first-order chi connectivity index (χ1) is 12.2. The molecule has 2 aromatic carbocycles. The highest BCUT2D eigenvalue weighted by Gasteiger charge is 2.24. The second-order valence-corrected chi connectivity index (χ2v) is 6.31. The first-order valence-electron chi connectivity index (χ1n) is 8.48. The molecule has 2 heterocycles. The number of aryl methyl sites for hydroxylation is 2. The third kappa shape index (κ3) is 3.18. The highest BCUT2D eigenvalue weighted by atomic mass is 16.5. The molecule has 5 nitrogen and oxygen atoms in total. The van der Waals surface area contributed by atoms with Crippen molar-refractivity contribution in [2.24, 2.45) is 0 Å². The summed E-state index contributed by atoms with van der Waals surface area (Å²) in [6.07, 6.45) is 1.74. The largest absolute Gasteiger partial charge is 0.339 e. The van der Waals surface area contributed by atoms with E-state index in [1.807, 2.05) is 54.3 Å². The molecule has 0 saturated heterocycles. The lowest BCUT2D eigenvalue weighted by Gasteiger charge is -2.16. The molecule has 3 aromatic rings. The number of benzene rings is 2. The zero-order valence-corrected chi connectivity index (χ0v) is 14.1. The number of anilines is 1. The van der Waals surface area contributed by atoms with E-state index in [0.29, 0.717) is 24.6 Å². The predicted molar refractivity (Wildman–Crippen MR) is 95.3 cm³/mol. The Kier molecular flexibility index (Phi) is 4.06. The Labute approximate surface area is 146 Å². The molecule has 25 heavy (non-hydrogen) atoms. The van der Waals surface area contributed by atoms with Crippen LogP contribution in [0.2, 0.25) is 0 Å². The van der Waals surface area contributed by atoms with Gasteiger partial charge in [-0.25, -0.2) is 0 Å². The number of rotatable bonds is 4. The summed E-state index contributed by atoms with van der Waals surface area (Å²) in [5.41, 5.74) is 4.33. The Bertz CT molecular complexity index is 917. The Morgan fingerprint density at radius 2 is 2.08 bits per heavy atom. The van der Waals surface area contributed by atoms with Gasteiger partial charge in [-0.1, -0.05) is 47.1 Å². The molecule has 0 aliphatic carbocycles. The van der Waals surface area contributed by atoms with Gasteiger partial charge in [-0.2, -0.15) is 4.98 Å². The van der Waals surface area contributed by atoms with Crippen molar-refractivity contribution in [1.29, 1.82) is 0 Å². The number of para-hydroxylation sites is 1. The molecule has 0 radical (unpaired) electrons. The highest BCUT2D eigenvalue weighted by molar-refractivity contribution is 5.95. The first-order valence-corrected chi connectivity index (χ1v) is 8.48. The molecule has 5 heteroatoms. The minimum Gasteiger partial charge on any atom is -0.339 e. The second-order valence-electron chi connectivity index (χ2n) is 6.31. The van der Waals surface area contributed by atoms with Gasteiger partial charge in [0, 0.05) is 30.6 Å². The molecular formula is C20H19N3O2. The number of nitrogens with zero attached hydrogens (tertiary/aromatic N) is 3. The maximum Gasteiger partial charge on any atom is 0.227 e. The third-order valence-electron chi connectivity index (χ3n) is 4.49. The van der Waals surface area contributed by atoms with Crippen molar-refractivity contribution in [3.05, 3.63) is 65.5 Å². The number of fused-ring (bicyclic) bond motifs is 1. The molecule has 1 aromatic heterocycles. The van der Waals surface area contributed by atoms with Crippen LogP contribution >= 0.6 is 0 Å². The summed E-state index contributed by atoms with van der Waals surface area (Å²) in [5, 5.41) is 4.03. The summed E-state index contributed by atoms with van der Waals surface area (Å²) in [4.78, 5) is 18.8.